The topological polar surface area (TPSA) is 59.3 Å². The smallest absolute Gasteiger partial charge is 0.229 e. The summed E-state index contributed by atoms with van der Waals surface area (Å²) in [6.45, 7) is 5.41. The Bertz CT molecular complexity index is 1020. The average Bonchev–Trinajstić information content (AvgIpc) is 2.55. The molecule has 1 N–H and O–H groups in total. The van der Waals surface area contributed by atoms with Crippen LogP contribution in [0.1, 0.15) is 20.8 Å². The van der Waals surface area contributed by atoms with E-state index >= 15 is 0 Å². The van der Waals surface area contributed by atoms with Crippen LogP contribution in [0.25, 0.3) is 22.3 Å². The lowest BCUT2D eigenvalue weighted by Crippen LogP contribution is -2.27. The first-order valence-corrected chi connectivity index (χ1v) is 7.90. The molecule has 0 saturated carbocycles. The van der Waals surface area contributed by atoms with Crippen LogP contribution in [0.5, 0.6) is 0 Å². The summed E-state index contributed by atoms with van der Waals surface area (Å²) in [7, 11) is 0. The van der Waals surface area contributed by atoms with Gasteiger partial charge in [0.2, 0.25) is 5.91 Å². The number of carbonyl (C=O) groups is 1. The van der Waals surface area contributed by atoms with Crippen LogP contribution in [0.3, 0.4) is 0 Å². The Balaban J connectivity index is 2.04. The van der Waals surface area contributed by atoms with Gasteiger partial charge in [-0.3, -0.25) is 9.59 Å². The first-order chi connectivity index (χ1) is 11.8. The SMILES string of the molecule is CC(C)(C)C(=O)Nc1ccc2oc(-c3ccccc3F)cc(=O)c2c1. The summed E-state index contributed by atoms with van der Waals surface area (Å²) in [4.78, 5) is 24.5. The van der Waals surface area contributed by atoms with Gasteiger partial charge in [-0.05, 0) is 30.3 Å². The zero-order valence-electron chi connectivity index (χ0n) is 14.2. The Morgan fingerprint density at radius 3 is 2.48 bits per heavy atom. The molecule has 0 aliphatic carbocycles. The Labute approximate surface area is 144 Å². The van der Waals surface area contributed by atoms with Crippen LogP contribution >= 0.6 is 0 Å². The van der Waals surface area contributed by atoms with Gasteiger partial charge in [0.15, 0.2) is 5.43 Å². The maximum atomic E-state index is 13.9. The van der Waals surface area contributed by atoms with Crippen molar-refractivity contribution in [2.45, 2.75) is 20.8 Å². The molecule has 0 bridgehead atoms. The van der Waals surface area contributed by atoms with Crippen LogP contribution in [-0.2, 0) is 4.79 Å². The van der Waals surface area contributed by atoms with E-state index in [1.165, 1.54) is 12.1 Å². The third-order valence-electron chi connectivity index (χ3n) is 3.81. The Morgan fingerprint density at radius 1 is 1.08 bits per heavy atom. The highest BCUT2D eigenvalue weighted by Crippen LogP contribution is 2.26. The van der Waals surface area contributed by atoms with Crippen LogP contribution in [0.2, 0.25) is 0 Å². The van der Waals surface area contributed by atoms with Crippen molar-refractivity contribution >= 4 is 22.6 Å². The maximum absolute atomic E-state index is 13.9. The van der Waals surface area contributed by atoms with Crippen LogP contribution in [-0.4, -0.2) is 5.91 Å². The van der Waals surface area contributed by atoms with Gasteiger partial charge in [0, 0.05) is 17.2 Å². The van der Waals surface area contributed by atoms with E-state index in [0.29, 0.717) is 16.7 Å². The summed E-state index contributed by atoms with van der Waals surface area (Å²) in [6, 6.07) is 12.2. The van der Waals surface area contributed by atoms with Crippen molar-refractivity contribution in [2.24, 2.45) is 5.41 Å². The Kier molecular flexibility index (Phi) is 4.17. The molecule has 0 atom stereocenters. The number of rotatable bonds is 2. The molecule has 0 aliphatic heterocycles. The first kappa shape index (κ1) is 16.9. The standard InChI is InChI=1S/C20H18FNO3/c1-20(2,3)19(24)22-12-8-9-17-14(10-12)16(23)11-18(25-17)13-6-4-5-7-15(13)21/h4-11H,1-3H3,(H,22,24). The summed E-state index contributed by atoms with van der Waals surface area (Å²) in [5, 5.41) is 3.10. The molecule has 1 amide bonds. The molecule has 4 nitrogen and oxygen atoms in total. The minimum atomic E-state index is -0.547. The minimum absolute atomic E-state index is 0.154. The molecular formula is C20H18FNO3. The number of hydrogen-bond donors (Lipinski definition) is 1. The fraction of sp³-hybridized carbons (Fsp3) is 0.200. The zero-order chi connectivity index (χ0) is 18.2. The average molecular weight is 339 g/mol. The highest BCUT2D eigenvalue weighted by atomic mass is 19.1. The monoisotopic (exact) mass is 339 g/mol. The fourth-order valence-electron chi connectivity index (χ4n) is 2.35. The van der Waals surface area contributed by atoms with Crippen molar-refractivity contribution in [3.05, 3.63) is 64.6 Å². The van der Waals surface area contributed by atoms with Gasteiger partial charge in [-0.1, -0.05) is 32.9 Å². The van der Waals surface area contributed by atoms with E-state index in [1.807, 2.05) is 0 Å². The largest absolute Gasteiger partial charge is 0.456 e. The van der Waals surface area contributed by atoms with Crippen LogP contribution < -0.4 is 10.7 Å². The molecule has 25 heavy (non-hydrogen) atoms. The van der Waals surface area contributed by atoms with Gasteiger partial charge in [-0.15, -0.1) is 0 Å². The second-order valence-corrected chi connectivity index (χ2v) is 6.87. The summed E-state index contributed by atoms with van der Waals surface area (Å²) in [6.07, 6.45) is 0. The van der Waals surface area contributed by atoms with E-state index in [-0.39, 0.29) is 22.7 Å². The fourth-order valence-corrected chi connectivity index (χ4v) is 2.35. The van der Waals surface area contributed by atoms with Gasteiger partial charge in [0.05, 0.1) is 10.9 Å². The number of fused-ring (bicyclic) bond motifs is 1. The van der Waals surface area contributed by atoms with Crippen molar-refractivity contribution in [2.75, 3.05) is 5.32 Å². The molecule has 3 aromatic rings. The van der Waals surface area contributed by atoms with E-state index in [1.54, 1.807) is 57.2 Å². The summed E-state index contributed by atoms with van der Waals surface area (Å²) in [5.41, 5.74) is 0.227. The van der Waals surface area contributed by atoms with Crippen molar-refractivity contribution in [1.82, 2.24) is 0 Å². The van der Waals surface area contributed by atoms with Crippen molar-refractivity contribution in [1.29, 1.82) is 0 Å². The number of hydrogen-bond acceptors (Lipinski definition) is 3. The van der Waals surface area contributed by atoms with Gasteiger partial charge in [-0.25, -0.2) is 4.39 Å². The number of halogens is 1. The van der Waals surface area contributed by atoms with Crippen LogP contribution in [0.4, 0.5) is 10.1 Å². The predicted octanol–water partition coefficient (Wildman–Crippen LogP) is 4.58. The third-order valence-corrected chi connectivity index (χ3v) is 3.81. The molecule has 0 spiro atoms. The van der Waals surface area contributed by atoms with Gasteiger partial charge in [0.25, 0.3) is 0 Å². The van der Waals surface area contributed by atoms with Crippen molar-refractivity contribution in [3.8, 4) is 11.3 Å². The molecule has 0 aliphatic rings. The maximum Gasteiger partial charge on any atom is 0.229 e. The van der Waals surface area contributed by atoms with E-state index in [9.17, 15) is 14.0 Å². The number of carbonyl (C=O) groups excluding carboxylic acids is 1. The molecule has 0 radical (unpaired) electrons. The molecule has 128 valence electrons. The molecule has 1 aromatic heterocycles. The predicted molar refractivity (Wildman–Crippen MR) is 96.0 cm³/mol. The minimum Gasteiger partial charge on any atom is -0.456 e. The number of nitrogens with one attached hydrogen (secondary N) is 1. The summed E-state index contributed by atoms with van der Waals surface area (Å²) >= 11 is 0. The molecule has 0 unspecified atom stereocenters. The quantitative estimate of drug-likeness (QED) is 0.743. The molecule has 0 saturated heterocycles. The Morgan fingerprint density at radius 2 is 1.80 bits per heavy atom. The molecule has 1 heterocycles. The lowest BCUT2D eigenvalue weighted by molar-refractivity contribution is -0.123. The molecule has 5 heteroatoms. The molecular weight excluding hydrogens is 321 g/mol. The third kappa shape index (κ3) is 3.45. The highest BCUT2D eigenvalue weighted by Gasteiger charge is 2.21. The second-order valence-electron chi connectivity index (χ2n) is 6.87. The highest BCUT2D eigenvalue weighted by molar-refractivity contribution is 5.96. The van der Waals surface area contributed by atoms with E-state index < -0.39 is 11.2 Å². The van der Waals surface area contributed by atoms with Gasteiger partial charge < -0.3 is 9.73 Å². The Hall–Kier alpha value is -2.95. The number of benzene rings is 2. The zero-order valence-corrected chi connectivity index (χ0v) is 14.2. The number of amides is 1. The molecule has 3 rings (SSSR count). The van der Waals surface area contributed by atoms with Gasteiger partial charge in [0.1, 0.15) is 17.2 Å². The molecule has 2 aromatic carbocycles. The van der Waals surface area contributed by atoms with E-state index in [2.05, 4.69) is 5.32 Å². The second kappa shape index (κ2) is 6.16. The van der Waals surface area contributed by atoms with E-state index in [0.717, 1.165) is 0 Å². The molecule has 0 fully saturated rings. The van der Waals surface area contributed by atoms with Crippen LogP contribution in [0, 0.1) is 11.2 Å². The number of anilines is 1. The van der Waals surface area contributed by atoms with Crippen molar-refractivity contribution in [3.63, 3.8) is 0 Å². The van der Waals surface area contributed by atoms with E-state index in [4.69, 9.17) is 4.42 Å². The van der Waals surface area contributed by atoms with Crippen molar-refractivity contribution < 1.29 is 13.6 Å². The van der Waals surface area contributed by atoms with Gasteiger partial charge in [-0.2, -0.15) is 0 Å². The lowest BCUT2D eigenvalue weighted by Gasteiger charge is -2.17. The van der Waals surface area contributed by atoms with Crippen LogP contribution in [0.15, 0.2) is 57.7 Å². The summed E-state index contributed by atoms with van der Waals surface area (Å²) in [5.74, 6) is -0.444. The summed E-state index contributed by atoms with van der Waals surface area (Å²) < 4.78 is 19.6. The van der Waals surface area contributed by atoms with Gasteiger partial charge >= 0.3 is 0 Å². The first-order valence-electron chi connectivity index (χ1n) is 7.90. The normalized spacial score (nSPS) is 11.5. The lowest BCUT2D eigenvalue weighted by atomic mass is 9.95.